The molecule has 1 aromatic carbocycles. The van der Waals surface area contributed by atoms with E-state index in [0.29, 0.717) is 12.1 Å². The molecular formula is C15H22BrNO. The van der Waals surface area contributed by atoms with Crippen LogP contribution in [0.5, 0.6) is 0 Å². The highest BCUT2D eigenvalue weighted by Gasteiger charge is 2.21. The second kappa shape index (κ2) is 6.58. The molecule has 2 unspecified atom stereocenters. The van der Waals surface area contributed by atoms with Crippen LogP contribution >= 0.6 is 15.9 Å². The molecule has 1 aromatic rings. The van der Waals surface area contributed by atoms with Crippen molar-refractivity contribution in [2.75, 3.05) is 11.9 Å². The third-order valence-corrected chi connectivity index (χ3v) is 4.12. The number of benzene rings is 1. The maximum atomic E-state index is 5.72. The van der Waals surface area contributed by atoms with E-state index >= 15 is 0 Å². The second-order valence-corrected chi connectivity index (χ2v) is 5.84. The minimum atomic E-state index is 0.428. The van der Waals surface area contributed by atoms with Gasteiger partial charge in [-0.25, -0.2) is 0 Å². The van der Waals surface area contributed by atoms with E-state index in [2.05, 4.69) is 53.3 Å². The molecule has 18 heavy (non-hydrogen) atoms. The molecule has 2 rings (SSSR count). The first-order chi connectivity index (χ1) is 8.72. The molecule has 1 heterocycles. The zero-order valence-corrected chi connectivity index (χ0v) is 12.8. The molecule has 0 bridgehead atoms. The van der Waals surface area contributed by atoms with E-state index in [9.17, 15) is 0 Å². The van der Waals surface area contributed by atoms with Crippen LogP contribution in [0.15, 0.2) is 22.7 Å². The Morgan fingerprint density at radius 1 is 1.39 bits per heavy atom. The van der Waals surface area contributed by atoms with Gasteiger partial charge < -0.3 is 10.1 Å². The minimum Gasteiger partial charge on any atom is -0.382 e. The first kappa shape index (κ1) is 13.9. The van der Waals surface area contributed by atoms with E-state index in [-0.39, 0.29) is 0 Å². The van der Waals surface area contributed by atoms with Crippen molar-refractivity contribution < 1.29 is 4.74 Å². The predicted octanol–water partition coefficient (Wildman–Crippen LogP) is 4.38. The topological polar surface area (TPSA) is 21.3 Å². The van der Waals surface area contributed by atoms with Crippen molar-refractivity contribution in [2.45, 2.75) is 51.7 Å². The summed E-state index contributed by atoms with van der Waals surface area (Å²) in [5.74, 6) is 0. The van der Waals surface area contributed by atoms with Gasteiger partial charge in [0.25, 0.3) is 0 Å². The summed E-state index contributed by atoms with van der Waals surface area (Å²) in [4.78, 5) is 0. The Morgan fingerprint density at radius 3 is 2.94 bits per heavy atom. The lowest BCUT2D eigenvalue weighted by Gasteiger charge is -2.30. The zero-order chi connectivity index (χ0) is 13.0. The second-order valence-electron chi connectivity index (χ2n) is 4.92. The highest BCUT2D eigenvalue weighted by Crippen LogP contribution is 2.25. The molecular weight excluding hydrogens is 290 g/mol. The summed E-state index contributed by atoms with van der Waals surface area (Å²) in [7, 11) is 0. The van der Waals surface area contributed by atoms with E-state index in [1.165, 1.54) is 11.3 Å². The van der Waals surface area contributed by atoms with Gasteiger partial charge in [0, 0.05) is 22.8 Å². The lowest BCUT2D eigenvalue weighted by molar-refractivity contribution is 0.00924. The Bertz CT molecular complexity index is 394. The van der Waals surface area contributed by atoms with E-state index in [1.807, 2.05) is 0 Å². The first-order valence-electron chi connectivity index (χ1n) is 6.89. The van der Waals surface area contributed by atoms with Crippen molar-refractivity contribution in [1.82, 2.24) is 0 Å². The molecule has 0 spiro atoms. The van der Waals surface area contributed by atoms with Crippen LogP contribution in [-0.4, -0.2) is 18.8 Å². The van der Waals surface area contributed by atoms with Crippen LogP contribution in [0.3, 0.4) is 0 Å². The summed E-state index contributed by atoms with van der Waals surface area (Å²) in [6, 6.07) is 7.05. The molecule has 2 atom stereocenters. The van der Waals surface area contributed by atoms with Crippen LogP contribution in [0.1, 0.15) is 38.7 Å². The van der Waals surface area contributed by atoms with Gasteiger partial charge in [0.2, 0.25) is 0 Å². The highest BCUT2D eigenvalue weighted by molar-refractivity contribution is 9.10. The fourth-order valence-corrected chi connectivity index (χ4v) is 2.92. The molecule has 0 radical (unpaired) electrons. The van der Waals surface area contributed by atoms with E-state index < -0.39 is 0 Å². The molecule has 0 saturated carbocycles. The largest absolute Gasteiger partial charge is 0.382 e. The summed E-state index contributed by atoms with van der Waals surface area (Å²) in [5, 5.41) is 3.69. The minimum absolute atomic E-state index is 0.428. The van der Waals surface area contributed by atoms with Gasteiger partial charge in [-0.15, -0.1) is 0 Å². The summed E-state index contributed by atoms with van der Waals surface area (Å²) in [6.07, 6.45) is 4.82. The van der Waals surface area contributed by atoms with Crippen LogP contribution in [0.25, 0.3) is 0 Å². The Kier molecular flexibility index (Phi) is 5.07. The summed E-state index contributed by atoms with van der Waals surface area (Å²) >= 11 is 3.54. The van der Waals surface area contributed by atoms with Crippen molar-refractivity contribution in [3.8, 4) is 0 Å². The molecule has 1 N–H and O–H groups in total. The van der Waals surface area contributed by atoms with Crippen LogP contribution < -0.4 is 5.32 Å². The third kappa shape index (κ3) is 3.48. The van der Waals surface area contributed by atoms with Gasteiger partial charge in [0.1, 0.15) is 0 Å². The predicted molar refractivity (Wildman–Crippen MR) is 80.2 cm³/mol. The fourth-order valence-electron chi connectivity index (χ4n) is 2.51. The summed E-state index contributed by atoms with van der Waals surface area (Å²) in [5.41, 5.74) is 2.66. The van der Waals surface area contributed by atoms with Crippen LogP contribution in [0.4, 0.5) is 5.69 Å². The fraction of sp³-hybridized carbons (Fsp3) is 0.600. The van der Waals surface area contributed by atoms with Gasteiger partial charge in [0.15, 0.2) is 0 Å². The zero-order valence-electron chi connectivity index (χ0n) is 11.2. The van der Waals surface area contributed by atoms with Gasteiger partial charge in [-0.2, -0.15) is 0 Å². The molecule has 1 aliphatic rings. The summed E-state index contributed by atoms with van der Waals surface area (Å²) < 4.78 is 6.88. The Labute approximate surface area is 118 Å². The Hall–Kier alpha value is -0.540. The van der Waals surface area contributed by atoms with Crippen molar-refractivity contribution in [1.29, 1.82) is 0 Å². The molecule has 1 fully saturated rings. The highest BCUT2D eigenvalue weighted by atomic mass is 79.9. The van der Waals surface area contributed by atoms with Gasteiger partial charge in [0.05, 0.1) is 6.10 Å². The van der Waals surface area contributed by atoms with Crippen molar-refractivity contribution >= 4 is 21.6 Å². The van der Waals surface area contributed by atoms with Gasteiger partial charge in [-0.3, -0.25) is 0 Å². The van der Waals surface area contributed by atoms with Crippen molar-refractivity contribution in [2.24, 2.45) is 0 Å². The van der Waals surface area contributed by atoms with Crippen LogP contribution in [0, 0.1) is 0 Å². The Balaban J connectivity index is 2.04. The Morgan fingerprint density at radius 2 is 2.22 bits per heavy atom. The number of halogens is 1. The van der Waals surface area contributed by atoms with E-state index in [4.69, 9.17) is 4.74 Å². The van der Waals surface area contributed by atoms with Crippen LogP contribution in [-0.2, 0) is 11.2 Å². The van der Waals surface area contributed by atoms with E-state index in [1.54, 1.807) is 0 Å². The molecule has 1 aliphatic heterocycles. The first-order valence-corrected chi connectivity index (χ1v) is 7.68. The number of ether oxygens (including phenoxy) is 1. The number of hydrogen-bond acceptors (Lipinski definition) is 2. The average Bonchev–Trinajstić information content (AvgIpc) is 2.41. The van der Waals surface area contributed by atoms with Crippen LogP contribution in [0.2, 0.25) is 0 Å². The monoisotopic (exact) mass is 311 g/mol. The number of aryl methyl sites for hydroxylation is 1. The standard InChI is InChI=1S/C15H22BrNO/c1-3-11-9-12(16)5-6-15(11)17-13-7-8-18-14(4-2)10-13/h5-6,9,13-14,17H,3-4,7-8,10H2,1-2H3. The molecule has 0 amide bonds. The average molecular weight is 312 g/mol. The number of anilines is 1. The molecule has 3 heteroatoms. The lowest BCUT2D eigenvalue weighted by Crippen LogP contribution is -2.33. The number of nitrogens with one attached hydrogen (secondary N) is 1. The maximum Gasteiger partial charge on any atom is 0.0592 e. The summed E-state index contributed by atoms with van der Waals surface area (Å²) in [6.45, 7) is 5.28. The third-order valence-electron chi connectivity index (χ3n) is 3.63. The SMILES string of the molecule is CCc1cc(Br)ccc1NC1CCOC(CC)C1. The lowest BCUT2D eigenvalue weighted by atomic mass is 10.0. The quantitative estimate of drug-likeness (QED) is 0.891. The van der Waals surface area contributed by atoms with Gasteiger partial charge >= 0.3 is 0 Å². The van der Waals surface area contributed by atoms with Gasteiger partial charge in [-0.1, -0.05) is 29.8 Å². The number of rotatable bonds is 4. The molecule has 0 aromatic heterocycles. The molecule has 0 aliphatic carbocycles. The smallest absolute Gasteiger partial charge is 0.0592 e. The maximum absolute atomic E-state index is 5.72. The van der Waals surface area contributed by atoms with E-state index in [0.717, 1.165) is 36.8 Å². The van der Waals surface area contributed by atoms with Gasteiger partial charge in [-0.05, 0) is 49.4 Å². The number of hydrogen-bond donors (Lipinski definition) is 1. The van der Waals surface area contributed by atoms with Crippen molar-refractivity contribution in [3.05, 3.63) is 28.2 Å². The molecule has 2 nitrogen and oxygen atoms in total. The normalized spacial score (nSPS) is 23.9. The van der Waals surface area contributed by atoms with Crippen molar-refractivity contribution in [3.63, 3.8) is 0 Å². The molecule has 1 saturated heterocycles. The molecule has 100 valence electrons.